The van der Waals surface area contributed by atoms with E-state index >= 15 is 0 Å². The van der Waals surface area contributed by atoms with Gasteiger partial charge in [0.05, 0.1) is 16.8 Å². The Morgan fingerprint density at radius 1 is 0.656 bits per heavy atom. The molecule has 1 heterocycles. The Labute approximate surface area is 182 Å². The number of esters is 2. The zero-order valence-corrected chi connectivity index (χ0v) is 16.5. The van der Waals surface area contributed by atoms with Crippen LogP contribution in [0.25, 0.3) is 0 Å². The van der Waals surface area contributed by atoms with E-state index in [1.807, 2.05) is 0 Å². The summed E-state index contributed by atoms with van der Waals surface area (Å²) in [6.07, 6.45) is -3.55. The van der Waals surface area contributed by atoms with Gasteiger partial charge in [-0.15, -0.1) is 0 Å². The van der Waals surface area contributed by atoms with Gasteiger partial charge in [-0.2, -0.15) is 0 Å². The van der Waals surface area contributed by atoms with Crippen LogP contribution in [-0.2, 0) is 19.1 Å². The fraction of sp³-hybridized carbons (Fsp3) is 0.0833. The number of rotatable bonds is 5. The SMILES string of the molecule is O=C(O[C@H]1C(=O)N(c2ccccc2F)C(=O)[C@@H]1OC(=O)c1ccccc1)c1ccccc1. The molecule has 160 valence electrons. The van der Waals surface area contributed by atoms with Crippen molar-refractivity contribution in [2.45, 2.75) is 12.2 Å². The van der Waals surface area contributed by atoms with E-state index in [9.17, 15) is 23.6 Å². The van der Waals surface area contributed by atoms with E-state index in [-0.39, 0.29) is 16.8 Å². The van der Waals surface area contributed by atoms with Crippen molar-refractivity contribution in [2.75, 3.05) is 4.90 Å². The smallest absolute Gasteiger partial charge is 0.339 e. The van der Waals surface area contributed by atoms with Crippen molar-refractivity contribution in [3.8, 4) is 0 Å². The molecule has 0 aliphatic carbocycles. The van der Waals surface area contributed by atoms with Crippen molar-refractivity contribution < 1.29 is 33.0 Å². The number of para-hydroxylation sites is 1. The number of halogens is 1. The molecule has 0 aromatic heterocycles. The van der Waals surface area contributed by atoms with Crippen molar-refractivity contribution in [1.82, 2.24) is 0 Å². The third-order valence-corrected chi connectivity index (χ3v) is 4.78. The van der Waals surface area contributed by atoms with Crippen LogP contribution in [0.3, 0.4) is 0 Å². The lowest BCUT2D eigenvalue weighted by Gasteiger charge is -2.16. The Bertz CT molecular complexity index is 1110. The summed E-state index contributed by atoms with van der Waals surface area (Å²) in [7, 11) is 0. The molecular weight excluding hydrogens is 417 g/mol. The van der Waals surface area contributed by atoms with E-state index < -0.39 is 41.8 Å². The lowest BCUT2D eigenvalue weighted by atomic mass is 10.2. The average Bonchev–Trinajstić information content (AvgIpc) is 3.04. The first kappa shape index (κ1) is 20.9. The molecule has 0 saturated carbocycles. The van der Waals surface area contributed by atoms with Crippen LogP contribution in [0.2, 0.25) is 0 Å². The number of hydrogen-bond donors (Lipinski definition) is 0. The first-order valence-electron chi connectivity index (χ1n) is 9.62. The molecular formula is C24H16FNO6. The molecule has 1 aliphatic rings. The van der Waals surface area contributed by atoms with Crippen molar-refractivity contribution in [2.24, 2.45) is 0 Å². The summed E-state index contributed by atoms with van der Waals surface area (Å²) in [6.45, 7) is 0. The molecule has 0 unspecified atom stereocenters. The van der Waals surface area contributed by atoms with Crippen molar-refractivity contribution >= 4 is 29.4 Å². The molecule has 7 nitrogen and oxygen atoms in total. The fourth-order valence-corrected chi connectivity index (χ4v) is 3.23. The monoisotopic (exact) mass is 433 g/mol. The molecule has 0 bridgehead atoms. The molecule has 2 amide bonds. The second-order valence-corrected chi connectivity index (χ2v) is 6.85. The van der Waals surface area contributed by atoms with Gasteiger partial charge in [0.2, 0.25) is 12.2 Å². The lowest BCUT2D eigenvalue weighted by Crippen LogP contribution is -2.37. The average molecular weight is 433 g/mol. The van der Waals surface area contributed by atoms with E-state index in [0.29, 0.717) is 4.90 Å². The van der Waals surface area contributed by atoms with Gasteiger partial charge in [-0.25, -0.2) is 18.9 Å². The molecule has 0 N–H and O–H groups in total. The minimum absolute atomic E-state index is 0.130. The Morgan fingerprint density at radius 3 is 1.50 bits per heavy atom. The minimum Gasteiger partial charge on any atom is -0.444 e. The molecule has 1 aliphatic heterocycles. The molecule has 4 rings (SSSR count). The van der Waals surface area contributed by atoms with Gasteiger partial charge in [-0.1, -0.05) is 48.5 Å². The normalized spacial score (nSPS) is 17.8. The van der Waals surface area contributed by atoms with E-state index in [2.05, 4.69) is 0 Å². The van der Waals surface area contributed by atoms with Crippen LogP contribution in [0.5, 0.6) is 0 Å². The molecule has 2 atom stereocenters. The summed E-state index contributed by atoms with van der Waals surface area (Å²) in [5.41, 5.74) is -0.0722. The van der Waals surface area contributed by atoms with Gasteiger partial charge in [0.1, 0.15) is 5.82 Å². The predicted molar refractivity (Wildman–Crippen MR) is 110 cm³/mol. The van der Waals surface area contributed by atoms with Gasteiger partial charge in [0.15, 0.2) is 0 Å². The van der Waals surface area contributed by atoms with Crippen LogP contribution in [0.4, 0.5) is 10.1 Å². The van der Waals surface area contributed by atoms with Crippen LogP contribution >= 0.6 is 0 Å². The standard InChI is InChI=1S/C24H16FNO6/c25-17-13-7-8-14-18(17)26-21(27)19(31-23(29)15-9-3-1-4-10-15)20(22(26)28)32-24(30)16-11-5-2-6-12-16/h1-14,19-20H/t19-,20-/m1/s1. The number of carbonyl (C=O) groups is 4. The number of nitrogens with zero attached hydrogens (tertiary/aromatic N) is 1. The zero-order valence-electron chi connectivity index (χ0n) is 16.5. The van der Waals surface area contributed by atoms with Crippen molar-refractivity contribution in [3.05, 3.63) is 102 Å². The van der Waals surface area contributed by atoms with E-state index in [4.69, 9.17) is 9.47 Å². The fourth-order valence-electron chi connectivity index (χ4n) is 3.23. The summed E-state index contributed by atoms with van der Waals surface area (Å²) < 4.78 is 24.9. The summed E-state index contributed by atoms with van der Waals surface area (Å²) in [4.78, 5) is 51.7. The maximum absolute atomic E-state index is 14.3. The highest BCUT2D eigenvalue weighted by molar-refractivity contribution is 6.25. The highest BCUT2D eigenvalue weighted by Gasteiger charge is 2.54. The van der Waals surface area contributed by atoms with Crippen molar-refractivity contribution in [3.63, 3.8) is 0 Å². The van der Waals surface area contributed by atoms with Gasteiger partial charge >= 0.3 is 11.9 Å². The Kier molecular flexibility index (Phi) is 5.76. The van der Waals surface area contributed by atoms with Crippen molar-refractivity contribution in [1.29, 1.82) is 0 Å². The Hall–Kier alpha value is -4.33. The number of imide groups is 1. The molecule has 3 aromatic rings. The maximum Gasteiger partial charge on any atom is 0.339 e. The molecule has 1 saturated heterocycles. The number of anilines is 1. The van der Waals surface area contributed by atoms with Crippen LogP contribution in [0, 0.1) is 5.82 Å². The molecule has 1 fully saturated rings. The third kappa shape index (κ3) is 3.98. The van der Waals surface area contributed by atoms with Gasteiger partial charge in [0.25, 0.3) is 11.8 Å². The molecule has 0 spiro atoms. The summed E-state index contributed by atoms with van der Waals surface area (Å²) in [5, 5.41) is 0. The number of hydrogen-bond acceptors (Lipinski definition) is 6. The van der Waals surface area contributed by atoms with Crippen LogP contribution in [0.1, 0.15) is 20.7 Å². The second kappa shape index (κ2) is 8.81. The number of amides is 2. The zero-order chi connectivity index (χ0) is 22.7. The summed E-state index contributed by atoms with van der Waals surface area (Å²) in [6, 6.07) is 20.7. The van der Waals surface area contributed by atoms with E-state index in [0.717, 1.165) is 6.07 Å². The quantitative estimate of drug-likeness (QED) is 0.454. The number of carbonyl (C=O) groups excluding carboxylic acids is 4. The largest absolute Gasteiger partial charge is 0.444 e. The van der Waals surface area contributed by atoms with Gasteiger partial charge in [-0.05, 0) is 36.4 Å². The number of ether oxygens (including phenoxy) is 2. The first-order chi connectivity index (χ1) is 15.5. The van der Waals surface area contributed by atoms with Crippen LogP contribution in [0.15, 0.2) is 84.9 Å². The lowest BCUT2D eigenvalue weighted by molar-refractivity contribution is -0.130. The third-order valence-electron chi connectivity index (χ3n) is 4.78. The minimum atomic E-state index is -1.78. The summed E-state index contributed by atoms with van der Waals surface area (Å²) in [5.74, 6) is -4.66. The second-order valence-electron chi connectivity index (χ2n) is 6.85. The molecule has 0 radical (unpaired) electrons. The number of benzene rings is 3. The Balaban J connectivity index is 1.67. The van der Waals surface area contributed by atoms with Crippen LogP contribution < -0.4 is 4.90 Å². The van der Waals surface area contributed by atoms with Gasteiger partial charge in [0, 0.05) is 0 Å². The first-order valence-corrected chi connectivity index (χ1v) is 9.62. The highest BCUT2D eigenvalue weighted by atomic mass is 19.1. The van der Waals surface area contributed by atoms with Crippen LogP contribution in [-0.4, -0.2) is 36.0 Å². The van der Waals surface area contributed by atoms with E-state index in [1.54, 1.807) is 36.4 Å². The molecule has 3 aromatic carbocycles. The Morgan fingerprint density at radius 2 is 1.06 bits per heavy atom. The maximum atomic E-state index is 14.3. The molecule has 8 heteroatoms. The molecule has 32 heavy (non-hydrogen) atoms. The topological polar surface area (TPSA) is 90.0 Å². The van der Waals surface area contributed by atoms with E-state index in [1.165, 1.54) is 42.5 Å². The summed E-state index contributed by atoms with van der Waals surface area (Å²) >= 11 is 0. The van der Waals surface area contributed by atoms with Gasteiger partial charge < -0.3 is 9.47 Å². The highest BCUT2D eigenvalue weighted by Crippen LogP contribution is 2.29. The predicted octanol–water partition coefficient (Wildman–Crippen LogP) is 3.15. The van der Waals surface area contributed by atoms with Gasteiger partial charge in [-0.3, -0.25) is 9.59 Å².